The number of benzene rings is 1. The largest absolute Gasteiger partial charge is 0.348 e. The van der Waals surface area contributed by atoms with Gasteiger partial charge in [0.2, 0.25) is 0 Å². The first-order valence-electron chi connectivity index (χ1n) is 5.33. The predicted octanol–water partition coefficient (Wildman–Crippen LogP) is 1.28. The summed E-state index contributed by atoms with van der Waals surface area (Å²) in [5.74, 6) is -0.215. The summed E-state index contributed by atoms with van der Waals surface area (Å²) in [7, 11) is 0. The standard InChI is InChI=1S/C13H10N4O/c14-7-10-2-1-3-11(6-10)8-15-13(18)12-4-5-16-17-9-12/h1-6,9H,8H2,(H,15,18). The molecule has 5 heteroatoms. The van der Waals surface area contributed by atoms with E-state index in [1.54, 1.807) is 24.3 Å². The molecule has 1 heterocycles. The average Bonchev–Trinajstić information content (AvgIpc) is 2.46. The SMILES string of the molecule is N#Cc1cccc(CNC(=O)c2ccnnc2)c1. The molecule has 2 rings (SSSR count). The van der Waals surface area contributed by atoms with Crippen LogP contribution in [0.5, 0.6) is 0 Å². The van der Waals surface area contributed by atoms with E-state index in [1.807, 2.05) is 6.07 Å². The van der Waals surface area contributed by atoms with Gasteiger partial charge < -0.3 is 5.32 Å². The van der Waals surface area contributed by atoms with Crippen molar-refractivity contribution in [1.29, 1.82) is 5.26 Å². The Morgan fingerprint density at radius 1 is 1.33 bits per heavy atom. The fourth-order valence-electron chi connectivity index (χ4n) is 1.46. The lowest BCUT2D eigenvalue weighted by atomic mass is 10.1. The second kappa shape index (κ2) is 5.55. The molecule has 1 aromatic carbocycles. The van der Waals surface area contributed by atoms with Gasteiger partial charge in [-0.3, -0.25) is 4.79 Å². The number of rotatable bonds is 3. The van der Waals surface area contributed by atoms with E-state index >= 15 is 0 Å². The van der Waals surface area contributed by atoms with E-state index in [4.69, 9.17) is 5.26 Å². The first kappa shape index (κ1) is 11.7. The number of nitriles is 1. The maximum atomic E-state index is 11.7. The molecule has 18 heavy (non-hydrogen) atoms. The number of nitrogens with one attached hydrogen (secondary N) is 1. The van der Waals surface area contributed by atoms with E-state index in [0.29, 0.717) is 17.7 Å². The zero-order valence-electron chi connectivity index (χ0n) is 9.50. The molecule has 0 unspecified atom stereocenters. The second-order valence-electron chi connectivity index (χ2n) is 3.63. The van der Waals surface area contributed by atoms with Crippen LogP contribution in [0.1, 0.15) is 21.5 Å². The van der Waals surface area contributed by atoms with E-state index < -0.39 is 0 Å². The van der Waals surface area contributed by atoms with Crippen molar-refractivity contribution in [2.24, 2.45) is 0 Å². The molecule has 0 aliphatic heterocycles. The smallest absolute Gasteiger partial charge is 0.253 e. The number of aromatic nitrogens is 2. The van der Waals surface area contributed by atoms with Gasteiger partial charge in [0.1, 0.15) is 0 Å². The Bertz CT molecular complexity index is 589. The molecule has 0 bridgehead atoms. The van der Waals surface area contributed by atoms with Gasteiger partial charge in [0.15, 0.2) is 0 Å². The Morgan fingerprint density at radius 2 is 2.22 bits per heavy atom. The number of amides is 1. The van der Waals surface area contributed by atoms with Crippen LogP contribution in [0.2, 0.25) is 0 Å². The number of nitrogens with zero attached hydrogens (tertiary/aromatic N) is 3. The lowest BCUT2D eigenvalue weighted by Crippen LogP contribution is -2.22. The van der Waals surface area contributed by atoms with Crippen molar-refractivity contribution in [3.8, 4) is 6.07 Å². The van der Waals surface area contributed by atoms with Crippen LogP contribution in [-0.2, 0) is 6.54 Å². The van der Waals surface area contributed by atoms with E-state index in [2.05, 4.69) is 21.6 Å². The molecule has 0 spiro atoms. The maximum absolute atomic E-state index is 11.7. The van der Waals surface area contributed by atoms with Gasteiger partial charge in [-0.1, -0.05) is 12.1 Å². The third kappa shape index (κ3) is 2.89. The van der Waals surface area contributed by atoms with Gasteiger partial charge in [-0.2, -0.15) is 15.5 Å². The molecule has 2 aromatic rings. The van der Waals surface area contributed by atoms with Gasteiger partial charge in [0, 0.05) is 6.54 Å². The molecule has 1 amide bonds. The van der Waals surface area contributed by atoms with Crippen LogP contribution in [0.3, 0.4) is 0 Å². The van der Waals surface area contributed by atoms with Gasteiger partial charge in [0.25, 0.3) is 5.91 Å². The number of hydrogen-bond acceptors (Lipinski definition) is 4. The third-order valence-electron chi connectivity index (χ3n) is 2.36. The van der Waals surface area contributed by atoms with Crippen molar-refractivity contribution in [3.05, 3.63) is 59.4 Å². The van der Waals surface area contributed by atoms with Crippen LogP contribution in [0.4, 0.5) is 0 Å². The van der Waals surface area contributed by atoms with Gasteiger partial charge in [-0.15, -0.1) is 0 Å². The minimum absolute atomic E-state index is 0.215. The van der Waals surface area contributed by atoms with Crippen LogP contribution in [0, 0.1) is 11.3 Å². The molecule has 0 atom stereocenters. The summed E-state index contributed by atoms with van der Waals surface area (Å²) in [6.45, 7) is 0.372. The summed E-state index contributed by atoms with van der Waals surface area (Å²) in [5, 5.41) is 18.8. The quantitative estimate of drug-likeness (QED) is 0.873. The van der Waals surface area contributed by atoms with Crippen molar-refractivity contribution >= 4 is 5.91 Å². The molecule has 1 N–H and O–H groups in total. The summed E-state index contributed by atoms with van der Waals surface area (Å²) < 4.78 is 0. The molecular weight excluding hydrogens is 228 g/mol. The molecule has 1 aromatic heterocycles. The normalized spacial score (nSPS) is 9.50. The number of hydrogen-bond donors (Lipinski definition) is 1. The average molecular weight is 238 g/mol. The van der Waals surface area contributed by atoms with E-state index in [9.17, 15) is 4.79 Å². The van der Waals surface area contributed by atoms with Crippen LogP contribution in [0.25, 0.3) is 0 Å². The fourth-order valence-corrected chi connectivity index (χ4v) is 1.46. The summed E-state index contributed by atoms with van der Waals surface area (Å²) in [5.41, 5.74) is 1.91. The summed E-state index contributed by atoms with van der Waals surface area (Å²) in [6, 6.07) is 10.7. The van der Waals surface area contributed by atoms with Crippen LogP contribution < -0.4 is 5.32 Å². The Kier molecular flexibility index (Phi) is 3.62. The minimum atomic E-state index is -0.215. The molecule has 0 saturated heterocycles. The highest BCUT2D eigenvalue weighted by molar-refractivity contribution is 5.93. The highest BCUT2D eigenvalue weighted by Gasteiger charge is 2.04. The first-order valence-corrected chi connectivity index (χ1v) is 5.33. The van der Waals surface area contributed by atoms with Crippen molar-refractivity contribution in [2.75, 3.05) is 0 Å². The first-order chi connectivity index (χ1) is 8.79. The van der Waals surface area contributed by atoms with Gasteiger partial charge in [-0.25, -0.2) is 0 Å². The monoisotopic (exact) mass is 238 g/mol. The second-order valence-corrected chi connectivity index (χ2v) is 3.63. The van der Waals surface area contributed by atoms with E-state index in [-0.39, 0.29) is 5.91 Å². The zero-order chi connectivity index (χ0) is 12.8. The predicted molar refractivity (Wildman–Crippen MR) is 64.4 cm³/mol. The van der Waals surface area contributed by atoms with Gasteiger partial charge in [-0.05, 0) is 23.8 Å². The molecule has 0 aliphatic carbocycles. The van der Waals surface area contributed by atoms with Crippen molar-refractivity contribution in [3.63, 3.8) is 0 Å². The van der Waals surface area contributed by atoms with Crippen LogP contribution in [0.15, 0.2) is 42.7 Å². The lowest BCUT2D eigenvalue weighted by Gasteiger charge is -2.04. The Balaban J connectivity index is 2.00. The molecular formula is C13H10N4O. The fraction of sp³-hybridized carbons (Fsp3) is 0.0769. The van der Waals surface area contributed by atoms with Gasteiger partial charge in [0.05, 0.1) is 29.6 Å². The number of carbonyl (C=O) groups excluding carboxylic acids is 1. The molecule has 5 nitrogen and oxygen atoms in total. The van der Waals surface area contributed by atoms with Crippen molar-refractivity contribution in [2.45, 2.75) is 6.54 Å². The lowest BCUT2D eigenvalue weighted by molar-refractivity contribution is 0.0950. The third-order valence-corrected chi connectivity index (χ3v) is 2.36. The van der Waals surface area contributed by atoms with Crippen LogP contribution in [-0.4, -0.2) is 16.1 Å². The Labute approximate surface area is 104 Å². The molecule has 0 saturated carbocycles. The summed E-state index contributed by atoms with van der Waals surface area (Å²) in [6.07, 6.45) is 2.87. The molecule has 0 fully saturated rings. The minimum Gasteiger partial charge on any atom is -0.348 e. The van der Waals surface area contributed by atoms with Crippen molar-refractivity contribution in [1.82, 2.24) is 15.5 Å². The Morgan fingerprint density at radius 3 is 2.94 bits per heavy atom. The maximum Gasteiger partial charge on any atom is 0.253 e. The van der Waals surface area contributed by atoms with E-state index in [1.165, 1.54) is 12.4 Å². The molecule has 0 radical (unpaired) electrons. The molecule has 0 aliphatic rings. The highest BCUT2D eigenvalue weighted by Crippen LogP contribution is 2.04. The van der Waals surface area contributed by atoms with Gasteiger partial charge >= 0.3 is 0 Å². The van der Waals surface area contributed by atoms with Crippen LogP contribution >= 0.6 is 0 Å². The van der Waals surface area contributed by atoms with Crippen molar-refractivity contribution < 1.29 is 4.79 Å². The summed E-state index contributed by atoms with van der Waals surface area (Å²) in [4.78, 5) is 11.7. The summed E-state index contributed by atoms with van der Waals surface area (Å²) >= 11 is 0. The number of carbonyl (C=O) groups is 1. The Hall–Kier alpha value is -2.74. The molecule has 88 valence electrons. The topological polar surface area (TPSA) is 78.7 Å². The zero-order valence-corrected chi connectivity index (χ0v) is 9.50. The highest BCUT2D eigenvalue weighted by atomic mass is 16.1. The van der Waals surface area contributed by atoms with E-state index in [0.717, 1.165) is 5.56 Å².